The SMILES string of the molecule is CCC(O)(CC)CN1CCN(CC2CC2)CC1. The molecule has 0 atom stereocenters. The second-order valence-electron chi connectivity index (χ2n) is 5.95. The summed E-state index contributed by atoms with van der Waals surface area (Å²) < 4.78 is 0. The minimum Gasteiger partial charge on any atom is -0.389 e. The zero-order chi connectivity index (χ0) is 12.3. The molecule has 0 aromatic rings. The van der Waals surface area contributed by atoms with Gasteiger partial charge in [-0.25, -0.2) is 0 Å². The highest BCUT2D eigenvalue weighted by atomic mass is 16.3. The lowest BCUT2D eigenvalue weighted by molar-refractivity contribution is -0.0158. The Labute approximate surface area is 106 Å². The van der Waals surface area contributed by atoms with E-state index in [4.69, 9.17) is 0 Å². The van der Waals surface area contributed by atoms with E-state index in [0.717, 1.165) is 38.4 Å². The molecule has 0 bridgehead atoms. The van der Waals surface area contributed by atoms with E-state index in [2.05, 4.69) is 23.6 Å². The molecule has 0 aromatic heterocycles. The quantitative estimate of drug-likeness (QED) is 0.763. The van der Waals surface area contributed by atoms with E-state index < -0.39 is 5.60 Å². The van der Waals surface area contributed by atoms with Crippen LogP contribution in [0.25, 0.3) is 0 Å². The van der Waals surface area contributed by atoms with Gasteiger partial charge >= 0.3 is 0 Å². The van der Waals surface area contributed by atoms with E-state index >= 15 is 0 Å². The van der Waals surface area contributed by atoms with E-state index in [1.165, 1.54) is 32.5 Å². The summed E-state index contributed by atoms with van der Waals surface area (Å²) in [5.74, 6) is 1.00. The van der Waals surface area contributed by atoms with E-state index in [9.17, 15) is 5.11 Å². The second-order valence-corrected chi connectivity index (χ2v) is 5.95. The molecule has 0 radical (unpaired) electrons. The van der Waals surface area contributed by atoms with E-state index in [0.29, 0.717) is 0 Å². The number of hydrogen-bond acceptors (Lipinski definition) is 3. The van der Waals surface area contributed by atoms with Gasteiger partial charge in [-0.1, -0.05) is 13.8 Å². The van der Waals surface area contributed by atoms with Crippen LogP contribution in [-0.4, -0.2) is 59.8 Å². The lowest BCUT2D eigenvalue weighted by Gasteiger charge is -2.39. The van der Waals surface area contributed by atoms with Crippen LogP contribution < -0.4 is 0 Å². The molecule has 1 aliphatic heterocycles. The van der Waals surface area contributed by atoms with Crippen LogP contribution in [-0.2, 0) is 0 Å². The summed E-state index contributed by atoms with van der Waals surface area (Å²) in [5, 5.41) is 10.3. The van der Waals surface area contributed by atoms with Crippen molar-refractivity contribution in [3.8, 4) is 0 Å². The molecule has 1 aliphatic carbocycles. The number of rotatable bonds is 6. The number of aliphatic hydroxyl groups is 1. The van der Waals surface area contributed by atoms with Gasteiger partial charge in [0.05, 0.1) is 5.60 Å². The lowest BCUT2D eigenvalue weighted by Crippen LogP contribution is -2.52. The number of hydrogen-bond donors (Lipinski definition) is 1. The predicted octanol–water partition coefficient (Wildman–Crippen LogP) is 1.57. The van der Waals surface area contributed by atoms with Crippen molar-refractivity contribution >= 4 is 0 Å². The van der Waals surface area contributed by atoms with Crippen molar-refractivity contribution in [2.45, 2.75) is 45.1 Å². The summed E-state index contributed by atoms with van der Waals surface area (Å²) in [6.07, 6.45) is 4.63. The first-order chi connectivity index (χ1) is 8.15. The van der Waals surface area contributed by atoms with Crippen molar-refractivity contribution in [3.05, 3.63) is 0 Å². The van der Waals surface area contributed by atoms with Crippen LogP contribution in [0.2, 0.25) is 0 Å². The first-order valence-corrected chi connectivity index (χ1v) is 7.32. The molecule has 0 amide bonds. The maximum atomic E-state index is 10.3. The molecule has 17 heavy (non-hydrogen) atoms. The predicted molar refractivity (Wildman–Crippen MR) is 71.1 cm³/mol. The summed E-state index contributed by atoms with van der Waals surface area (Å²) in [5.41, 5.74) is -0.460. The van der Waals surface area contributed by atoms with E-state index in [1.54, 1.807) is 0 Å². The molecule has 2 aliphatic rings. The zero-order valence-corrected chi connectivity index (χ0v) is 11.5. The Balaban J connectivity index is 1.70. The monoisotopic (exact) mass is 240 g/mol. The molecule has 3 heteroatoms. The van der Waals surface area contributed by atoms with Gasteiger partial charge in [0.1, 0.15) is 0 Å². The van der Waals surface area contributed by atoms with Gasteiger partial charge in [-0.2, -0.15) is 0 Å². The highest BCUT2D eigenvalue weighted by Gasteiger charge is 2.29. The van der Waals surface area contributed by atoms with Crippen LogP contribution >= 0.6 is 0 Å². The Morgan fingerprint density at radius 2 is 1.53 bits per heavy atom. The Bertz CT molecular complexity index is 228. The fourth-order valence-electron chi connectivity index (χ4n) is 2.69. The minimum absolute atomic E-state index is 0.460. The maximum Gasteiger partial charge on any atom is 0.0768 e. The molecule has 2 fully saturated rings. The van der Waals surface area contributed by atoms with Gasteiger partial charge in [-0.15, -0.1) is 0 Å². The molecule has 1 saturated heterocycles. The Morgan fingerprint density at radius 1 is 1.00 bits per heavy atom. The highest BCUT2D eigenvalue weighted by Crippen LogP contribution is 2.30. The van der Waals surface area contributed by atoms with Crippen molar-refractivity contribution in [3.63, 3.8) is 0 Å². The van der Waals surface area contributed by atoms with Crippen LogP contribution in [0.3, 0.4) is 0 Å². The van der Waals surface area contributed by atoms with E-state index in [-0.39, 0.29) is 0 Å². The third-order valence-corrected chi connectivity index (χ3v) is 4.51. The Kier molecular flexibility index (Phi) is 4.45. The van der Waals surface area contributed by atoms with Gasteiger partial charge in [0.2, 0.25) is 0 Å². The molecule has 0 spiro atoms. The Hall–Kier alpha value is -0.120. The van der Waals surface area contributed by atoms with E-state index in [1.807, 2.05) is 0 Å². The van der Waals surface area contributed by atoms with Gasteiger partial charge < -0.3 is 10.0 Å². The van der Waals surface area contributed by atoms with Crippen LogP contribution in [0.15, 0.2) is 0 Å². The second kappa shape index (κ2) is 5.68. The molecule has 1 saturated carbocycles. The Morgan fingerprint density at radius 3 is 2.00 bits per heavy atom. The molecular weight excluding hydrogens is 212 g/mol. The lowest BCUT2D eigenvalue weighted by atomic mass is 9.96. The fraction of sp³-hybridized carbons (Fsp3) is 1.00. The summed E-state index contributed by atoms with van der Waals surface area (Å²) >= 11 is 0. The molecule has 0 unspecified atom stereocenters. The van der Waals surface area contributed by atoms with Crippen molar-refractivity contribution in [1.82, 2.24) is 9.80 Å². The molecule has 0 aromatic carbocycles. The molecule has 3 nitrogen and oxygen atoms in total. The standard InChI is InChI=1S/C14H28N2O/c1-3-14(17,4-2)12-16-9-7-15(8-10-16)11-13-5-6-13/h13,17H,3-12H2,1-2H3. The summed E-state index contributed by atoms with van der Waals surface area (Å²) in [7, 11) is 0. The van der Waals surface area contributed by atoms with Crippen molar-refractivity contribution < 1.29 is 5.11 Å². The van der Waals surface area contributed by atoms with Crippen LogP contribution in [0.4, 0.5) is 0 Å². The third-order valence-electron chi connectivity index (χ3n) is 4.51. The minimum atomic E-state index is -0.460. The summed E-state index contributed by atoms with van der Waals surface area (Å²) in [4.78, 5) is 5.04. The highest BCUT2D eigenvalue weighted by molar-refractivity contribution is 4.84. The van der Waals surface area contributed by atoms with Crippen LogP contribution in [0.1, 0.15) is 39.5 Å². The van der Waals surface area contributed by atoms with Gasteiger partial charge in [-0.05, 0) is 31.6 Å². The molecule has 100 valence electrons. The van der Waals surface area contributed by atoms with Crippen molar-refractivity contribution in [1.29, 1.82) is 0 Å². The summed E-state index contributed by atoms with van der Waals surface area (Å²) in [6, 6.07) is 0. The molecule has 1 heterocycles. The average Bonchev–Trinajstić information content (AvgIpc) is 3.15. The zero-order valence-electron chi connectivity index (χ0n) is 11.5. The molecule has 2 rings (SSSR count). The topological polar surface area (TPSA) is 26.7 Å². The third kappa shape index (κ3) is 3.94. The first-order valence-electron chi connectivity index (χ1n) is 7.32. The first kappa shape index (κ1) is 13.3. The maximum absolute atomic E-state index is 10.3. The fourth-order valence-corrected chi connectivity index (χ4v) is 2.69. The normalized spacial score (nSPS) is 24.2. The van der Waals surface area contributed by atoms with Gasteiger partial charge in [0.15, 0.2) is 0 Å². The number of piperazine rings is 1. The van der Waals surface area contributed by atoms with Gasteiger partial charge in [-0.3, -0.25) is 4.90 Å². The summed E-state index contributed by atoms with van der Waals surface area (Å²) in [6.45, 7) is 11.0. The van der Waals surface area contributed by atoms with Crippen molar-refractivity contribution in [2.75, 3.05) is 39.3 Å². The van der Waals surface area contributed by atoms with Gasteiger partial charge in [0, 0.05) is 39.3 Å². The van der Waals surface area contributed by atoms with Gasteiger partial charge in [0.25, 0.3) is 0 Å². The van der Waals surface area contributed by atoms with Crippen LogP contribution in [0.5, 0.6) is 0 Å². The smallest absolute Gasteiger partial charge is 0.0768 e. The number of β-amino-alcohol motifs (C(OH)–C–C–N with tert-alkyl or cyclic N) is 1. The average molecular weight is 240 g/mol. The van der Waals surface area contributed by atoms with Crippen LogP contribution in [0, 0.1) is 5.92 Å². The molecule has 1 N–H and O–H groups in total. The van der Waals surface area contributed by atoms with Crippen molar-refractivity contribution in [2.24, 2.45) is 5.92 Å². The number of nitrogens with zero attached hydrogens (tertiary/aromatic N) is 2. The molecular formula is C14H28N2O. The largest absolute Gasteiger partial charge is 0.389 e.